The molecule has 110 valence electrons. The van der Waals surface area contributed by atoms with Gasteiger partial charge >= 0.3 is 0 Å². The van der Waals surface area contributed by atoms with Crippen molar-refractivity contribution in [2.75, 3.05) is 0 Å². The molecule has 0 heterocycles. The van der Waals surface area contributed by atoms with Crippen molar-refractivity contribution in [1.29, 1.82) is 0 Å². The van der Waals surface area contributed by atoms with Crippen molar-refractivity contribution in [3.05, 3.63) is 36.4 Å². The van der Waals surface area contributed by atoms with E-state index in [1.54, 1.807) is 6.08 Å². The summed E-state index contributed by atoms with van der Waals surface area (Å²) in [7, 11) is -1.91. The number of hydrogen-bond acceptors (Lipinski definition) is 3. The average molecular weight is 299 g/mol. The molecule has 4 heteroatoms. The second-order valence-electron chi connectivity index (χ2n) is 6.69. The van der Waals surface area contributed by atoms with Gasteiger partial charge in [-0.15, -0.1) is 0 Å². The lowest BCUT2D eigenvalue weighted by Gasteiger charge is -2.36. The fraction of sp³-hybridized carbons (Fsp3) is 0.353. The van der Waals surface area contributed by atoms with E-state index in [1.165, 1.54) is 0 Å². The minimum absolute atomic E-state index is 0.133. The van der Waals surface area contributed by atoms with Gasteiger partial charge in [0.2, 0.25) is 6.08 Å². The van der Waals surface area contributed by atoms with Crippen LogP contribution in [-0.2, 0) is 4.79 Å². The summed E-state index contributed by atoms with van der Waals surface area (Å²) in [5.41, 5.74) is 0.628. The topological polar surface area (TPSA) is 38.7 Å². The van der Waals surface area contributed by atoms with Crippen molar-refractivity contribution < 1.29 is 9.22 Å². The minimum Gasteiger partial charge on any atom is -0.543 e. The summed E-state index contributed by atoms with van der Waals surface area (Å²) >= 11 is 0. The molecule has 0 bridgehead atoms. The van der Waals surface area contributed by atoms with Crippen molar-refractivity contribution in [1.82, 2.24) is 0 Å². The average Bonchev–Trinajstić information content (AvgIpc) is 2.40. The molecular weight excluding hydrogens is 278 g/mol. The predicted molar refractivity (Wildman–Crippen MR) is 89.6 cm³/mol. The number of aliphatic imine (C=N–C) groups is 1. The molecule has 2 aromatic carbocycles. The maximum absolute atomic E-state index is 10.5. The van der Waals surface area contributed by atoms with Crippen LogP contribution in [0.15, 0.2) is 41.4 Å². The quantitative estimate of drug-likeness (QED) is 0.444. The Morgan fingerprint density at radius 3 is 2.24 bits per heavy atom. The molecule has 0 atom stereocenters. The molecular formula is C17H21NO2Si. The highest BCUT2D eigenvalue weighted by atomic mass is 28.4. The Bertz CT molecular complexity index is 710. The van der Waals surface area contributed by atoms with E-state index in [2.05, 4.69) is 38.9 Å². The van der Waals surface area contributed by atoms with Gasteiger partial charge in [-0.3, -0.25) is 0 Å². The van der Waals surface area contributed by atoms with Crippen LogP contribution in [0, 0.1) is 0 Å². The van der Waals surface area contributed by atoms with E-state index in [1.807, 2.05) is 36.4 Å². The molecule has 0 aliphatic carbocycles. The van der Waals surface area contributed by atoms with Gasteiger partial charge in [-0.25, -0.2) is 4.79 Å². The Balaban J connectivity index is 2.57. The first-order chi connectivity index (χ1) is 9.76. The van der Waals surface area contributed by atoms with E-state index in [-0.39, 0.29) is 5.04 Å². The first-order valence-corrected chi connectivity index (χ1v) is 9.96. The molecule has 3 nitrogen and oxygen atoms in total. The van der Waals surface area contributed by atoms with Crippen molar-refractivity contribution in [2.24, 2.45) is 4.99 Å². The second kappa shape index (κ2) is 5.47. The summed E-state index contributed by atoms with van der Waals surface area (Å²) in [6, 6.07) is 11.6. The summed E-state index contributed by atoms with van der Waals surface area (Å²) in [4.78, 5) is 14.3. The third kappa shape index (κ3) is 3.07. The van der Waals surface area contributed by atoms with E-state index in [0.29, 0.717) is 5.69 Å². The van der Waals surface area contributed by atoms with Crippen LogP contribution >= 0.6 is 0 Å². The number of isocyanates is 1. The standard InChI is InChI=1S/C17H21NO2Si/c1-17(2,3)21(4,5)20-16-11-10-15(18-12-19)13-8-6-7-9-14(13)16/h6-11H,1-5H3. The number of carbonyl (C=O) groups excluding carboxylic acids is 1. The summed E-state index contributed by atoms with van der Waals surface area (Å²) in [5, 5.41) is 2.03. The van der Waals surface area contributed by atoms with Gasteiger partial charge in [0.25, 0.3) is 8.32 Å². The smallest absolute Gasteiger partial charge is 0.250 e. The first-order valence-electron chi connectivity index (χ1n) is 7.05. The molecule has 0 spiro atoms. The Hall–Kier alpha value is -1.90. The fourth-order valence-electron chi connectivity index (χ4n) is 1.92. The summed E-state index contributed by atoms with van der Waals surface area (Å²) < 4.78 is 6.41. The highest BCUT2D eigenvalue weighted by Crippen LogP contribution is 2.40. The van der Waals surface area contributed by atoms with Gasteiger partial charge in [0.15, 0.2) is 0 Å². The second-order valence-corrected chi connectivity index (χ2v) is 11.4. The van der Waals surface area contributed by atoms with Crippen LogP contribution in [0.5, 0.6) is 5.75 Å². The number of benzene rings is 2. The molecule has 2 aromatic rings. The fourth-order valence-corrected chi connectivity index (χ4v) is 2.95. The molecule has 21 heavy (non-hydrogen) atoms. The zero-order valence-electron chi connectivity index (χ0n) is 13.2. The van der Waals surface area contributed by atoms with Crippen LogP contribution in [-0.4, -0.2) is 14.4 Å². The highest BCUT2D eigenvalue weighted by Gasteiger charge is 2.39. The van der Waals surface area contributed by atoms with Gasteiger partial charge in [0, 0.05) is 10.8 Å². The molecule has 0 aromatic heterocycles. The predicted octanol–water partition coefficient (Wildman–Crippen LogP) is 5.19. The maximum atomic E-state index is 10.5. The third-order valence-corrected chi connectivity index (χ3v) is 8.54. The van der Waals surface area contributed by atoms with Gasteiger partial charge in [0.05, 0.1) is 5.69 Å². The zero-order valence-corrected chi connectivity index (χ0v) is 14.2. The van der Waals surface area contributed by atoms with Crippen LogP contribution < -0.4 is 4.43 Å². The lowest BCUT2D eigenvalue weighted by molar-refractivity contribution is 0.496. The van der Waals surface area contributed by atoms with Gasteiger partial charge in [-0.1, -0.05) is 45.0 Å². The van der Waals surface area contributed by atoms with Crippen molar-refractivity contribution in [3.8, 4) is 5.75 Å². The van der Waals surface area contributed by atoms with Crippen LogP contribution in [0.3, 0.4) is 0 Å². The van der Waals surface area contributed by atoms with E-state index in [9.17, 15) is 4.79 Å². The monoisotopic (exact) mass is 299 g/mol. The Morgan fingerprint density at radius 1 is 1.05 bits per heavy atom. The lowest BCUT2D eigenvalue weighted by atomic mass is 10.1. The summed E-state index contributed by atoms with van der Waals surface area (Å²) in [6.07, 6.45) is 1.61. The maximum Gasteiger partial charge on any atom is 0.250 e. The lowest BCUT2D eigenvalue weighted by Crippen LogP contribution is -2.43. The van der Waals surface area contributed by atoms with Gasteiger partial charge < -0.3 is 4.43 Å². The summed E-state index contributed by atoms with van der Waals surface area (Å²) in [5.74, 6) is 0.863. The van der Waals surface area contributed by atoms with Gasteiger partial charge in [0.1, 0.15) is 5.75 Å². The SMILES string of the molecule is CC(C)(C)[Si](C)(C)Oc1ccc(N=C=O)c2ccccc12. The molecule has 0 radical (unpaired) electrons. The number of hydrogen-bond donors (Lipinski definition) is 0. The Labute approximate surface area is 126 Å². The Kier molecular flexibility index (Phi) is 4.03. The zero-order chi connectivity index (χ0) is 15.7. The van der Waals surface area contributed by atoms with E-state index < -0.39 is 8.32 Å². The van der Waals surface area contributed by atoms with Crippen LogP contribution in [0.4, 0.5) is 5.69 Å². The third-order valence-electron chi connectivity index (χ3n) is 4.20. The molecule has 0 aliphatic rings. The van der Waals surface area contributed by atoms with Crippen molar-refractivity contribution in [3.63, 3.8) is 0 Å². The van der Waals surface area contributed by atoms with E-state index >= 15 is 0 Å². The van der Waals surface area contributed by atoms with Crippen molar-refractivity contribution >= 4 is 30.9 Å². The van der Waals surface area contributed by atoms with Crippen LogP contribution in [0.1, 0.15) is 20.8 Å². The number of rotatable bonds is 3. The minimum atomic E-state index is -1.91. The van der Waals surface area contributed by atoms with Crippen LogP contribution in [0.25, 0.3) is 10.8 Å². The van der Waals surface area contributed by atoms with E-state index in [4.69, 9.17) is 4.43 Å². The molecule has 0 amide bonds. The largest absolute Gasteiger partial charge is 0.543 e. The molecule has 2 rings (SSSR count). The van der Waals surface area contributed by atoms with Crippen LogP contribution in [0.2, 0.25) is 18.1 Å². The Morgan fingerprint density at radius 2 is 1.67 bits per heavy atom. The van der Waals surface area contributed by atoms with Crippen molar-refractivity contribution in [2.45, 2.75) is 38.9 Å². The van der Waals surface area contributed by atoms with Gasteiger partial charge in [-0.2, -0.15) is 4.99 Å². The summed E-state index contributed by atoms with van der Waals surface area (Å²) in [6.45, 7) is 11.1. The molecule has 0 fully saturated rings. The number of fused-ring (bicyclic) bond motifs is 1. The molecule has 0 aliphatic heterocycles. The van der Waals surface area contributed by atoms with Gasteiger partial charge in [-0.05, 0) is 30.3 Å². The molecule has 0 saturated carbocycles. The van der Waals surface area contributed by atoms with E-state index in [0.717, 1.165) is 16.5 Å². The normalized spacial score (nSPS) is 12.0. The molecule has 0 unspecified atom stereocenters. The highest BCUT2D eigenvalue weighted by molar-refractivity contribution is 6.74. The molecule has 0 saturated heterocycles. The molecule has 0 N–H and O–H groups in total. The first kappa shape index (κ1) is 15.5. The number of nitrogens with zero attached hydrogens (tertiary/aromatic N) is 1.